The van der Waals surface area contributed by atoms with Crippen LogP contribution in [-0.4, -0.2) is 26.0 Å². The van der Waals surface area contributed by atoms with E-state index in [2.05, 4.69) is 29.4 Å². The van der Waals surface area contributed by atoms with Crippen LogP contribution in [0.3, 0.4) is 0 Å². The van der Waals surface area contributed by atoms with Gasteiger partial charge in [-0.3, -0.25) is 4.79 Å². The second-order valence-corrected chi connectivity index (χ2v) is 6.01. The quantitative estimate of drug-likeness (QED) is 0.550. The minimum atomic E-state index is 0.0923. The van der Waals surface area contributed by atoms with Crippen LogP contribution >= 0.6 is 0 Å². The molecular weight excluding hydrogens is 298 g/mol. The number of rotatable bonds is 9. The number of hydrogen-bond acceptors (Lipinski definition) is 3. The van der Waals surface area contributed by atoms with Crippen molar-refractivity contribution in [2.75, 3.05) is 30.8 Å². The van der Waals surface area contributed by atoms with Gasteiger partial charge in [-0.25, -0.2) is 0 Å². The summed E-state index contributed by atoms with van der Waals surface area (Å²) in [5.74, 6) is 0.0923. The third-order valence-electron chi connectivity index (χ3n) is 4.12. The maximum absolute atomic E-state index is 11.9. The summed E-state index contributed by atoms with van der Waals surface area (Å²) < 4.78 is 0. The molecule has 0 aromatic heterocycles. The van der Waals surface area contributed by atoms with E-state index in [-0.39, 0.29) is 5.91 Å². The minimum absolute atomic E-state index is 0.0923. The molecular formula is C20H27N3O. The first-order chi connectivity index (χ1) is 11.7. The number of nitrogens with zero attached hydrogens (tertiary/aromatic N) is 1. The van der Waals surface area contributed by atoms with E-state index in [9.17, 15) is 4.79 Å². The van der Waals surface area contributed by atoms with Crippen LogP contribution in [-0.2, 0) is 11.2 Å². The van der Waals surface area contributed by atoms with Crippen molar-refractivity contribution in [3.8, 4) is 0 Å². The molecule has 0 saturated heterocycles. The Kier molecular flexibility index (Phi) is 7.15. The van der Waals surface area contributed by atoms with Gasteiger partial charge in [-0.15, -0.1) is 0 Å². The molecule has 4 nitrogen and oxygen atoms in total. The van der Waals surface area contributed by atoms with Crippen molar-refractivity contribution in [2.24, 2.45) is 0 Å². The number of carbonyl (C=O) groups excluding carboxylic acids is 1. The SMILES string of the molecule is CN(CCCCNC(=O)CCc1ccccc1N)c1ccccc1. The molecule has 0 fully saturated rings. The third-order valence-corrected chi connectivity index (χ3v) is 4.12. The molecule has 0 aliphatic heterocycles. The summed E-state index contributed by atoms with van der Waals surface area (Å²) in [5, 5.41) is 2.99. The summed E-state index contributed by atoms with van der Waals surface area (Å²) in [7, 11) is 2.10. The Morgan fingerprint density at radius 3 is 2.50 bits per heavy atom. The number of aryl methyl sites for hydroxylation is 1. The number of nitrogens with two attached hydrogens (primary N) is 1. The van der Waals surface area contributed by atoms with Gasteiger partial charge in [0.05, 0.1) is 0 Å². The van der Waals surface area contributed by atoms with Crippen LogP contribution < -0.4 is 16.0 Å². The van der Waals surface area contributed by atoms with Gasteiger partial charge in [-0.1, -0.05) is 36.4 Å². The topological polar surface area (TPSA) is 58.4 Å². The molecule has 1 amide bonds. The van der Waals surface area contributed by atoms with Crippen molar-refractivity contribution in [1.29, 1.82) is 0 Å². The molecule has 128 valence electrons. The van der Waals surface area contributed by atoms with Crippen LogP contribution in [0.2, 0.25) is 0 Å². The van der Waals surface area contributed by atoms with Gasteiger partial charge in [0.15, 0.2) is 0 Å². The van der Waals surface area contributed by atoms with Crippen molar-refractivity contribution in [3.05, 3.63) is 60.2 Å². The first kappa shape index (κ1) is 17.9. The fourth-order valence-corrected chi connectivity index (χ4v) is 2.61. The first-order valence-electron chi connectivity index (χ1n) is 8.53. The Morgan fingerprint density at radius 1 is 1.04 bits per heavy atom. The number of unbranched alkanes of at least 4 members (excludes halogenated alkanes) is 1. The lowest BCUT2D eigenvalue weighted by Crippen LogP contribution is -2.26. The number of para-hydroxylation sites is 2. The van der Waals surface area contributed by atoms with E-state index in [1.165, 1.54) is 5.69 Å². The molecule has 24 heavy (non-hydrogen) atoms. The van der Waals surface area contributed by atoms with Crippen molar-refractivity contribution in [1.82, 2.24) is 5.32 Å². The van der Waals surface area contributed by atoms with Crippen molar-refractivity contribution >= 4 is 17.3 Å². The Morgan fingerprint density at radius 2 is 1.75 bits per heavy atom. The maximum Gasteiger partial charge on any atom is 0.220 e. The van der Waals surface area contributed by atoms with Gasteiger partial charge in [0.2, 0.25) is 5.91 Å². The van der Waals surface area contributed by atoms with Crippen LogP contribution in [0.4, 0.5) is 11.4 Å². The van der Waals surface area contributed by atoms with Gasteiger partial charge in [-0.2, -0.15) is 0 Å². The lowest BCUT2D eigenvalue weighted by molar-refractivity contribution is -0.121. The van der Waals surface area contributed by atoms with Crippen LogP contribution in [0.1, 0.15) is 24.8 Å². The molecule has 2 aromatic carbocycles. The number of benzene rings is 2. The van der Waals surface area contributed by atoms with E-state index in [1.54, 1.807) is 0 Å². The summed E-state index contributed by atoms with van der Waals surface area (Å²) in [6, 6.07) is 18.0. The summed E-state index contributed by atoms with van der Waals surface area (Å²) >= 11 is 0. The molecule has 2 aromatic rings. The first-order valence-corrected chi connectivity index (χ1v) is 8.53. The molecule has 3 N–H and O–H groups in total. The summed E-state index contributed by atoms with van der Waals surface area (Å²) in [5.41, 5.74) is 8.91. The van der Waals surface area contributed by atoms with Crippen LogP contribution in [0.25, 0.3) is 0 Å². The van der Waals surface area contributed by atoms with E-state index in [4.69, 9.17) is 5.73 Å². The fraction of sp³-hybridized carbons (Fsp3) is 0.350. The average molecular weight is 325 g/mol. The number of nitrogen functional groups attached to an aromatic ring is 1. The molecule has 0 saturated carbocycles. The molecule has 0 unspecified atom stereocenters. The monoisotopic (exact) mass is 325 g/mol. The van der Waals surface area contributed by atoms with Crippen molar-refractivity contribution < 1.29 is 4.79 Å². The Labute approximate surface area is 144 Å². The van der Waals surface area contributed by atoms with Gasteiger partial charge in [0.1, 0.15) is 0 Å². The van der Waals surface area contributed by atoms with E-state index < -0.39 is 0 Å². The predicted molar refractivity (Wildman–Crippen MR) is 101 cm³/mol. The zero-order chi connectivity index (χ0) is 17.2. The fourth-order valence-electron chi connectivity index (χ4n) is 2.61. The zero-order valence-corrected chi connectivity index (χ0v) is 14.4. The highest BCUT2D eigenvalue weighted by molar-refractivity contribution is 5.76. The number of hydrogen-bond donors (Lipinski definition) is 2. The smallest absolute Gasteiger partial charge is 0.220 e. The highest BCUT2D eigenvalue weighted by atomic mass is 16.1. The summed E-state index contributed by atoms with van der Waals surface area (Å²) in [6.07, 6.45) is 3.21. The molecule has 0 aliphatic carbocycles. The van der Waals surface area contributed by atoms with Gasteiger partial charge >= 0.3 is 0 Å². The van der Waals surface area contributed by atoms with Crippen molar-refractivity contribution in [3.63, 3.8) is 0 Å². The zero-order valence-electron chi connectivity index (χ0n) is 14.4. The van der Waals surface area contributed by atoms with E-state index >= 15 is 0 Å². The molecule has 0 bridgehead atoms. The third kappa shape index (κ3) is 5.95. The van der Waals surface area contributed by atoms with Gasteiger partial charge in [0.25, 0.3) is 0 Å². The van der Waals surface area contributed by atoms with Gasteiger partial charge in [0, 0.05) is 37.9 Å². The lowest BCUT2D eigenvalue weighted by Gasteiger charge is -2.19. The van der Waals surface area contributed by atoms with Crippen molar-refractivity contribution in [2.45, 2.75) is 25.7 Å². The van der Waals surface area contributed by atoms with E-state index in [0.717, 1.165) is 37.2 Å². The normalized spacial score (nSPS) is 10.4. The summed E-state index contributed by atoms with van der Waals surface area (Å²) in [4.78, 5) is 14.1. The number of nitrogens with one attached hydrogen (secondary N) is 1. The Bertz CT molecular complexity index is 628. The standard InChI is InChI=1S/C20H27N3O/c1-23(18-10-3-2-4-11-18)16-8-7-15-22-20(24)14-13-17-9-5-6-12-19(17)21/h2-6,9-12H,7-8,13-16,21H2,1H3,(H,22,24). The Hall–Kier alpha value is -2.49. The molecule has 4 heteroatoms. The van der Waals surface area contributed by atoms with Crippen LogP contribution in [0, 0.1) is 0 Å². The van der Waals surface area contributed by atoms with Gasteiger partial charge in [-0.05, 0) is 43.0 Å². The second kappa shape index (κ2) is 9.60. The Balaban J connectivity index is 1.57. The van der Waals surface area contributed by atoms with E-state index in [1.807, 2.05) is 42.5 Å². The maximum atomic E-state index is 11.9. The molecule has 0 radical (unpaired) electrons. The van der Waals surface area contributed by atoms with Gasteiger partial charge < -0.3 is 16.0 Å². The second-order valence-electron chi connectivity index (χ2n) is 6.01. The molecule has 0 atom stereocenters. The summed E-state index contributed by atoms with van der Waals surface area (Å²) in [6.45, 7) is 1.71. The number of amides is 1. The number of carbonyl (C=O) groups is 1. The van der Waals surface area contributed by atoms with Crippen LogP contribution in [0.5, 0.6) is 0 Å². The van der Waals surface area contributed by atoms with E-state index in [0.29, 0.717) is 12.8 Å². The highest BCUT2D eigenvalue weighted by Gasteiger charge is 2.04. The number of anilines is 2. The average Bonchev–Trinajstić information content (AvgIpc) is 2.61. The molecule has 2 rings (SSSR count). The predicted octanol–water partition coefficient (Wildman–Crippen LogP) is 3.23. The largest absolute Gasteiger partial charge is 0.399 e. The molecule has 0 spiro atoms. The highest BCUT2D eigenvalue weighted by Crippen LogP contribution is 2.13. The minimum Gasteiger partial charge on any atom is -0.399 e. The van der Waals surface area contributed by atoms with Crippen LogP contribution in [0.15, 0.2) is 54.6 Å². The lowest BCUT2D eigenvalue weighted by atomic mass is 10.1. The molecule has 0 aliphatic rings. The molecule has 0 heterocycles.